The smallest absolute Gasteiger partial charge is 0.311 e. The van der Waals surface area contributed by atoms with Crippen LogP contribution in [0.4, 0.5) is 0 Å². The van der Waals surface area contributed by atoms with E-state index in [1.165, 1.54) is 7.11 Å². The van der Waals surface area contributed by atoms with E-state index in [0.717, 1.165) is 0 Å². The maximum absolute atomic E-state index is 11.6. The van der Waals surface area contributed by atoms with Crippen molar-refractivity contribution in [3.8, 4) is 0 Å². The summed E-state index contributed by atoms with van der Waals surface area (Å²) in [4.78, 5) is 11.6. The number of carbonyl (C=O) groups is 1. The van der Waals surface area contributed by atoms with Crippen LogP contribution >= 0.6 is 0 Å². The predicted octanol–water partition coefficient (Wildman–Crippen LogP) is 1.73. The van der Waals surface area contributed by atoms with Crippen LogP contribution in [0.1, 0.15) is 34.1 Å². The monoisotopic (exact) mass is 216 g/mol. The van der Waals surface area contributed by atoms with Gasteiger partial charge in [0.05, 0.1) is 19.6 Å². The number of ether oxygens (including phenoxy) is 3. The van der Waals surface area contributed by atoms with Crippen molar-refractivity contribution in [3.05, 3.63) is 0 Å². The average molecular weight is 216 g/mol. The van der Waals surface area contributed by atoms with Crippen molar-refractivity contribution in [3.63, 3.8) is 0 Å². The minimum Gasteiger partial charge on any atom is -0.469 e. The van der Waals surface area contributed by atoms with Crippen LogP contribution in [-0.2, 0) is 19.0 Å². The van der Waals surface area contributed by atoms with Crippen LogP contribution in [0, 0.1) is 5.92 Å². The molecule has 1 fully saturated rings. The zero-order valence-electron chi connectivity index (χ0n) is 10.1. The van der Waals surface area contributed by atoms with Crippen molar-refractivity contribution in [2.75, 3.05) is 13.7 Å². The Morgan fingerprint density at radius 3 is 2.40 bits per heavy atom. The molecule has 0 amide bonds. The Labute approximate surface area is 90.9 Å². The molecule has 0 spiro atoms. The normalized spacial score (nSPS) is 31.3. The van der Waals surface area contributed by atoms with Gasteiger partial charge in [0.25, 0.3) is 0 Å². The summed E-state index contributed by atoms with van der Waals surface area (Å²) in [5, 5.41) is 0. The summed E-state index contributed by atoms with van der Waals surface area (Å²) in [6, 6.07) is 0. The van der Waals surface area contributed by atoms with Gasteiger partial charge >= 0.3 is 5.97 Å². The molecule has 0 bridgehead atoms. The summed E-state index contributed by atoms with van der Waals surface area (Å²) in [6.45, 7) is 7.96. The van der Waals surface area contributed by atoms with Crippen LogP contribution in [0.25, 0.3) is 0 Å². The number of hydrogen-bond donors (Lipinski definition) is 0. The molecule has 0 radical (unpaired) electrons. The fourth-order valence-corrected chi connectivity index (χ4v) is 2.10. The molecule has 0 N–H and O–H groups in total. The highest BCUT2D eigenvalue weighted by atomic mass is 16.8. The lowest BCUT2D eigenvalue weighted by molar-refractivity contribution is -0.180. The molecule has 4 heteroatoms. The number of esters is 1. The molecule has 4 nitrogen and oxygen atoms in total. The van der Waals surface area contributed by atoms with Gasteiger partial charge in [0.1, 0.15) is 5.60 Å². The summed E-state index contributed by atoms with van der Waals surface area (Å²) in [5.74, 6) is -1.12. The van der Waals surface area contributed by atoms with E-state index in [4.69, 9.17) is 14.2 Å². The molecule has 1 rings (SSSR count). The van der Waals surface area contributed by atoms with Crippen molar-refractivity contribution in [2.45, 2.75) is 45.5 Å². The van der Waals surface area contributed by atoms with Crippen LogP contribution in [0.2, 0.25) is 0 Å². The second-order valence-corrected chi connectivity index (χ2v) is 4.59. The summed E-state index contributed by atoms with van der Waals surface area (Å²) in [5.41, 5.74) is -0.578. The second kappa shape index (κ2) is 4.10. The molecule has 0 aromatic rings. The molecule has 0 unspecified atom stereocenters. The highest BCUT2D eigenvalue weighted by Crippen LogP contribution is 2.37. The van der Waals surface area contributed by atoms with Gasteiger partial charge in [-0.05, 0) is 27.2 Å². The fraction of sp³-hybridized carbons (Fsp3) is 0.909. The molecule has 1 heterocycles. The van der Waals surface area contributed by atoms with E-state index in [9.17, 15) is 4.79 Å². The lowest BCUT2D eigenvalue weighted by Crippen LogP contribution is -2.43. The van der Waals surface area contributed by atoms with Crippen molar-refractivity contribution in [2.24, 2.45) is 5.92 Å². The second-order valence-electron chi connectivity index (χ2n) is 4.59. The van der Waals surface area contributed by atoms with Crippen molar-refractivity contribution in [1.29, 1.82) is 0 Å². The Kier molecular flexibility index (Phi) is 3.41. The number of rotatable bonds is 3. The summed E-state index contributed by atoms with van der Waals surface area (Å²) in [6.07, 6.45) is 0.683. The Bertz CT molecular complexity index is 249. The quantitative estimate of drug-likeness (QED) is 0.674. The standard InChI is InChI=1S/C11H20O4/c1-6-8(9(12)13-5)11(4)7-14-10(2,3)15-11/h8H,6-7H2,1-5H3/t8-,11+/m1/s1. The lowest BCUT2D eigenvalue weighted by Gasteiger charge is -2.30. The van der Waals surface area contributed by atoms with E-state index < -0.39 is 11.4 Å². The first-order valence-corrected chi connectivity index (χ1v) is 5.26. The van der Waals surface area contributed by atoms with Gasteiger partial charge in [-0.15, -0.1) is 0 Å². The van der Waals surface area contributed by atoms with Gasteiger partial charge in [-0.1, -0.05) is 6.92 Å². The third kappa shape index (κ3) is 2.49. The Hall–Kier alpha value is -0.610. The third-order valence-corrected chi connectivity index (χ3v) is 2.82. The molecule has 0 aromatic carbocycles. The minimum atomic E-state index is -0.615. The largest absolute Gasteiger partial charge is 0.469 e. The molecule has 2 atom stereocenters. The van der Waals surface area contributed by atoms with Crippen LogP contribution < -0.4 is 0 Å². The predicted molar refractivity (Wildman–Crippen MR) is 55.3 cm³/mol. The van der Waals surface area contributed by atoms with E-state index >= 15 is 0 Å². The molecular formula is C11H20O4. The molecule has 88 valence electrons. The first-order valence-electron chi connectivity index (χ1n) is 5.26. The summed E-state index contributed by atoms with van der Waals surface area (Å²) in [7, 11) is 1.40. The van der Waals surface area contributed by atoms with Crippen LogP contribution in [0.5, 0.6) is 0 Å². The minimum absolute atomic E-state index is 0.235. The molecule has 15 heavy (non-hydrogen) atoms. The van der Waals surface area contributed by atoms with E-state index in [1.54, 1.807) is 0 Å². The van der Waals surface area contributed by atoms with Gasteiger partial charge in [0.15, 0.2) is 5.79 Å². The maximum atomic E-state index is 11.6. The Morgan fingerprint density at radius 1 is 1.47 bits per heavy atom. The van der Waals surface area contributed by atoms with Crippen molar-refractivity contribution < 1.29 is 19.0 Å². The van der Waals surface area contributed by atoms with Crippen LogP contribution in [0.3, 0.4) is 0 Å². The average Bonchev–Trinajstić information content (AvgIpc) is 2.42. The fourth-order valence-electron chi connectivity index (χ4n) is 2.10. The van der Waals surface area contributed by atoms with Crippen LogP contribution in [0.15, 0.2) is 0 Å². The topological polar surface area (TPSA) is 44.8 Å². The van der Waals surface area contributed by atoms with Gasteiger partial charge in [-0.25, -0.2) is 0 Å². The SMILES string of the molecule is CC[C@H](C(=O)OC)[C@]1(C)COC(C)(C)O1. The lowest BCUT2D eigenvalue weighted by atomic mass is 9.87. The van der Waals surface area contributed by atoms with E-state index in [2.05, 4.69) is 0 Å². The zero-order valence-corrected chi connectivity index (χ0v) is 10.1. The van der Waals surface area contributed by atoms with Gasteiger partial charge < -0.3 is 14.2 Å². The first kappa shape index (κ1) is 12.5. The number of hydrogen-bond acceptors (Lipinski definition) is 4. The van der Waals surface area contributed by atoms with Gasteiger partial charge in [0.2, 0.25) is 0 Å². The van der Waals surface area contributed by atoms with E-state index in [1.807, 2.05) is 27.7 Å². The molecule has 0 saturated carbocycles. The molecular weight excluding hydrogens is 196 g/mol. The summed E-state index contributed by atoms with van der Waals surface area (Å²) < 4.78 is 16.1. The molecule has 1 aliphatic heterocycles. The van der Waals surface area contributed by atoms with E-state index in [0.29, 0.717) is 13.0 Å². The number of methoxy groups -OCH3 is 1. The molecule has 0 aliphatic carbocycles. The highest BCUT2D eigenvalue weighted by Gasteiger charge is 2.49. The van der Waals surface area contributed by atoms with Gasteiger partial charge in [-0.3, -0.25) is 4.79 Å². The van der Waals surface area contributed by atoms with E-state index in [-0.39, 0.29) is 11.9 Å². The van der Waals surface area contributed by atoms with Gasteiger partial charge in [0, 0.05) is 0 Å². The Balaban J connectivity index is 2.81. The molecule has 1 aliphatic rings. The highest BCUT2D eigenvalue weighted by molar-refractivity contribution is 5.73. The third-order valence-electron chi connectivity index (χ3n) is 2.82. The van der Waals surface area contributed by atoms with Crippen molar-refractivity contribution in [1.82, 2.24) is 0 Å². The van der Waals surface area contributed by atoms with Crippen LogP contribution in [-0.4, -0.2) is 31.1 Å². The Morgan fingerprint density at radius 2 is 2.07 bits per heavy atom. The van der Waals surface area contributed by atoms with Crippen molar-refractivity contribution >= 4 is 5.97 Å². The maximum Gasteiger partial charge on any atom is 0.311 e. The first-order chi connectivity index (χ1) is 6.84. The van der Waals surface area contributed by atoms with Gasteiger partial charge in [-0.2, -0.15) is 0 Å². The molecule has 0 aromatic heterocycles. The zero-order chi connectivity index (χ0) is 11.7. The number of carbonyl (C=O) groups excluding carboxylic acids is 1. The molecule has 1 saturated heterocycles. The summed E-state index contributed by atoms with van der Waals surface area (Å²) >= 11 is 0.